The lowest BCUT2D eigenvalue weighted by atomic mass is 9.91. The van der Waals surface area contributed by atoms with E-state index < -0.39 is 0 Å². The summed E-state index contributed by atoms with van der Waals surface area (Å²) in [6.07, 6.45) is 5.50. The first-order valence-electron chi connectivity index (χ1n) is 9.76. The standard InChI is InChI=1S/C24H26N2O/c1-17(2)16-22-24-20(19-10-6-7-11-21(19)25-24)14-15-26(22)23(27)13-12-18-8-4-3-5-9-18/h3-13,17,22,25H,14-16H2,1-2H3/b13-12+. The Balaban J connectivity index is 1.66. The van der Waals surface area contributed by atoms with Crippen LogP contribution in [-0.2, 0) is 11.2 Å². The number of benzene rings is 2. The van der Waals surface area contributed by atoms with Crippen LogP contribution in [0.25, 0.3) is 17.0 Å². The fourth-order valence-corrected chi connectivity index (χ4v) is 4.10. The minimum atomic E-state index is 0.0915. The topological polar surface area (TPSA) is 36.1 Å². The predicted molar refractivity (Wildman–Crippen MR) is 111 cm³/mol. The first-order valence-corrected chi connectivity index (χ1v) is 9.76. The molecule has 3 aromatic rings. The van der Waals surface area contributed by atoms with Crippen LogP contribution in [0.15, 0.2) is 60.7 Å². The molecular formula is C24H26N2O. The molecule has 1 aromatic heterocycles. The summed E-state index contributed by atoms with van der Waals surface area (Å²) < 4.78 is 0. The number of rotatable bonds is 4. The molecule has 0 radical (unpaired) electrons. The fourth-order valence-electron chi connectivity index (χ4n) is 4.10. The van der Waals surface area contributed by atoms with Crippen molar-refractivity contribution in [1.29, 1.82) is 0 Å². The number of carbonyl (C=O) groups is 1. The van der Waals surface area contributed by atoms with Crippen molar-refractivity contribution in [3.8, 4) is 0 Å². The van der Waals surface area contributed by atoms with Crippen molar-refractivity contribution in [3.05, 3.63) is 77.5 Å². The van der Waals surface area contributed by atoms with Crippen LogP contribution in [0.1, 0.15) is 43.1 Å². The molecule has 3 heteroatoms. The molecule has 0 aliphatic carbocycles. The van der Waals surface area contributed by atoms with Crippen molar-refractivity contribution >= 4 is 22.9 Å². The van der Waals surface area contributed by atoms with Crippen molar-refractivity contribution in [2.24, 2.45) is 5.92 Å². The fraction of sp³-hybridized carbons (Fsp3) is 0.292. The molecule has 1 atom stereocenters. The first kappa shape index (κ1) is 17.6. The summed E-state index contributed by atoms with van der Waals surface area (Å²) in [6, 6.07) is 18.6. The minimum Gasteiger partial charge on any atom is -0.356 e. The Bertz CT molecular complexity index is 968. The van der Waals surface area contributed by atoms with Gasteiger partial charge in [0.15, 0.2) is 0 Å². The summed E-state index contributed by atoms with van der Waals surface area (Å²) in [5.41, 5.74) is 4.82. The Hall–Kier alpha value is -2.81. The highest BCUT2D eigenvalue weighted by Crippen LogP contribution is 2.37. The molecule has 0 bridgehead atoms. The van der Waals surface area contributed by atoms with Crippen LogP contribution in [0, 0.1) is 5.92 Å². The quantitative estimate of drug-likeness (QED) is 0.627. The molecule has 1 aliphatic rings. The van der Waals surface area contributed by atoms with E-state index in [0.717, 1.165) is 24.9 Å². The number of aromatic nitrogens is 1. The number of para-hydroxylation sites is 1. The molecule has 0 spiro atoms. The van der Waals surface area contributed by atoms with Gasteiger partial charge in [0.05, 0.1) is 6.04 Å². The molecule has 2 heterocycles. The second-order valence-corrected chi connectivity index (χ2v) is 7.73. The number of carbonyl (C=O) groups excluding carboxylic acids is 1. The number of hydrogen-bond donors (Lipinski definition) is 1. The summed E-state index contributed by atoms with van der Waals surface area (Å²) in [7, 11) is 0. The van der Waals surface area contributed by atoms with E-state index in [2.05, 4.69) is 43.1 Å². The summed E-state index contributed by atoms with van der Waals surface area (Å²) in [4.78, 5) is 18.7. The zero-order valence-corrected chi connectivity index (χ0v) is 16.0. The molecule has 1 amide bonds. The van der Waals surface area contributed by atoms with Gasteiger partial charge in [0.25, 0.3) is 0 Å². The van der Waals surface area contributed by atoms with E-state index in [0.29, 0.717) is 5.92 Å². The van der Waals surface area contributed by atoms with Gasteiger partial charge in [-0.25, -0.2) is 0 Å². The molecule has 27 heavy (non-hydrogen) atoms. The molecule has 4 rings (SSSR count). The number of amides is 1. The number of nitrogens with one attached hydrogen (secondary N) is 1. The molecule has 138 valence electrons. The predicted octanol–water partition coefficient (Wildman–Crippen LogP) is 5.35. The molecule has 3 nitrogen and oxygen atoms in total. The Kier molecular flexibility index (Phi) is 4.85. The van der Waals surface area contributed by atoms with Crippen molar-refractivity contribution in [2.45, 2.75) is 32.7 Å². The molecule has 0 saturated heterocycles. The van der Waals surface area contributed by atoms with Crippen LogP contribution >= 0.6 is 0 Å². The SMILES string of the molecule is CC(C)CC1c2[nH]c3ccccc3c2CCN1C(=O)/C=C/c1ccccc1. The number of aromatic amines is 1. The van der Waals surface area contributed by atoms with Gasteiger partial charge in [-0.1, -0.05) is 62.4 Å². The maximum atomic E-state index is 13.0. The number of nitrogens with zero attached hydrogens (tertiary/aromatic N) is 1. The monoisotopic (exact) mass is 358 g/mol. The Morgan fingerprint density at radius 3 is 2.67 bits per heavy atom. The highest BCUT2D eigenvalue weighted by Gasteiger charge is 2.32. The van der Waals surface area contributed by atoms with Gasteiger partial charge in [-0.2, -0.15) is 0 Å². The van der Waals surface area contributed by atoms with E-state index in [-0.39, 0.29) is 11.9 Å². The Labute approximate surface area is 160 Å². The maximum absolute atomic E-state index is 13.0. The maximum Gasteiger partial charge on any atom is 0.247 e. The van der Waals surface area contributed by atoms with E-state index in [1.807, 2.05) is 41.3 Å². The van der Waals surface area contributed by atoms with Gasteiger partial charge in [-0.3, -0.25) is 4.79 Å². The minimum absolute atomic E-state index is 0.0915. The van der Waals surface area contributed by atoms with Crippen LogP contribution < -0.4 is 0 Å². The van der Waals surface area contributed by atoms with Crippen LogP contribution in [0.3, 0.4) is 0 Å². The largest absolute Gasteiger partial charge is 0.356 e. The Morgan fingerprint density at radius 2 is 1.89 bits per heavy atom. The van der Waals surface area contributed by atoms with E-state index in [9.17, 15) is 4.79 Å². The van der Waals surface area contributed by atoms with Crippen LogP contribution in [-0.4, -0.2) is 22.3 Å². The van der Waals surface area contributed by atoms with Gasteiger partial charge in [0.2, 0.25) is 5.91 Å². The number of fused-ring (bicyclic) bond motifs is 3. The van der Waals surface area contributed by atoms with Gasteiger partial charge in [-0.05, 0) is 42.0 Å². The second-order valence-electron chi connectivity index (χ2n) is 7.73. The Morgan fingerprint density at radius 1 is 1.15 bits per heavy atom. The number of H-pyrrole nitrogens is 1. The lowest BCUT2D eigenvalue weighted by Gasteiger charge is -2.36. The zero-order chi connectivity index (χ0) is 18.8. The zero-order valence-electron chi connectivity index (χ0n) is 16.0. The summed E-state index contributed by atoms with van der Waals surface area (Å²) in [5.74, 6) is 0.606. The normalized spacial score (nSPS) is 17.0. The molecule has 1 aliphatic heterocycles. The summed E-state index contributed by atoms with van der Waals surface area (Å²) >= 11 is 0. The van der Waals surface area contributed by atoms with Crippen molar-refractivity contribution in [1.82, 2.24) is 9.88 Å². The van der Waals surface area contributed by atoms with Gasteiger partial charge in [0, 0.05) is 29.2 Å². The van der Waals surface area contributed by atoms with E-state index in [4.69, 9.17) is 0 Å². The average Bonchev–Trinajstić information content (AvgIpc) is 3.06. The molecule has 1 unspecified atom stereocenters. The molecular weight excluding hydrogens is 332 g/mol. The van der Waals surface area contributed by atoms with Crippen LogP contribution in [0.2, 0.25) is 0 Å². The van der Waals surface area contributed by atoms with Gasteiger partial charge < -0.3 is 9.88 Å². The van der Waals surface area contributed by atoms with Crippen LogP contribution in [0.4, 0.5) is 0 Å². The van der Waals surface area contributed by atoms with Gasteiger partial charge >= 0.3 is 0 Å². The molecule has 1 N–H and O–H groups in total. The van der Waals surface area contributed by atoms with Crippen molar-refractivity contribution in [3.63, 3.8) is 0 Å². The molecule has 2 aromatic carbocycles. The van der Waals surface area contributed by atoms with Gasteiger partial charge in [0.1, 0.15) is 0 Å². The summed E-state index contributed by atoms with van der Waals surface area (Å²) in [5, 5.41) is 1.30. The van der Waals surface area contributed by atoms with Crippen molar-refractivity contribution in [2.75, 3.05) is 6.54 Å². The van der Waals surface area contributed by atoms with E-state index >= 15 is 0 Å². The lowest BCUT2D eigenvalue weighted by Crippen LogP contribution is -2.39. The lowest BCUT2D eigenvalue weighted by molar-refractivity contribution is -0.129. The third kappa shape index (κ3) is 3.55. The highest BCUT2D eigenvalue weighted by molar-refractivity contribution is 5.93. The second kappa shape index (κ2) is 7.43. The smallest absolute Gasteiger partial charge is 0.247 e. The third-order valence-electron chi connectivity index (χ3n) is 5.35. The van der Waals surface area contributed by atoms with Crippen LogP contribution in [0.5, 0.6) is 0 Å². The first-order chi connectivity index (χ1) is 13.1. The van der Waals surface area contributed by atoms with E-state index in [1.54, 1.807) is 6.08 Å². The van der Waals surface area contributed by atoms with Gasteiger partial charge in [-0.15, -0.1) is 0 Å². The third-order valence-corrected chi connectivity index (χ3v) is 5.35. The highest BCUT2D eigenvalue weighted by atomic mass is 16.2. The molecule has 0 fully saturated rings. The average molecular weight is 358 g/mol. The molecule has 0 saturated carbocycles. The summed E-state index contributed by atoms with van der Waals surface area (Å²) in [6.45, 7) is 5.21. The van der Waals surface area contributed by atoms with Crippen molar-refractivity contribution < 1.29 is 4.79 Å². The van der Waals surface area contributed by atoms with E-state index in [1.165, 1.54) is 22.2 Å². The number of hydrogen-bond acceptors (Lipinski definition) is 1.